The standard InChI is InChI=1S/C37H38N6O2S/c1-3-4-9-24(2)34-38-21-30(40-34)26-13-15-27(16-14-26)36-42-29-20-28(17-18-33(29)46-36)31-22-39-35(41-31)32-12-8-19-43(32)37(44)45-23-25-10-6-5-7-11-25/h5-7,10-11,13-18,20-22,24,32H,3-4,8-9,12,19,23H2,1-2H3,(H,38,40)(H,39,41)/t24-,32-/m0/s1. The minimum atomic E-state index is -0.305. The number of imidazole rings is 2. The molecule has 4 heterocycles. The van der Waals surface area contributed by atoms with Crippen LogP contribution in [0.15, 0.2) is 85.2 Å². The number of amides is 1. The highest BCUT2D eigenvalue weighted by atomic mass is 32.1. The molecule has 0 spiro atoms. The summed E-state index contributed by atoms with van der Waals surface area (Å²) < 4.78 is 6.76. The van der Waals surface area contributed by atoms with E-state index in [-0.39, 0.29) is 18.7 Å². The minimum Gasteiger partial charge on any atom is -0.445 e. The van der Waals surface area contributed by atoms with Gasteiger partial charge in [0.1, 0.15) is 23.3 Å². The monoisotopic (exact) mass is 630 g/mol. The number of unbranched alkanes of at least 4 members (excludes halogenated alkanes) is 1. The first-order valence-corrected chi connectivity index (χ1v) is 17.0. The molecule has 0 radical (unpaired) electrons. The number of benzene rings is 3. The van der Waals surface area contributed by atoms with Crippen molar-refractivity contribution in [2.24, 2.45) is 0 Å². The summed E-state index contributed by atoms with van der Waals surface area (Å²) in [5.41, 5.74) is 7.09. The summed E-state index contributed by atoms with van der Waals surface area (Å²) in [6, 6.07) is 24.5. The van der Waals surface area contributed by atoms with Crippen LogP contribution in [0.3, 0.4) is 0 Å². The first-order chi connectivity index (χ1) is 22.6. The van der Waals surface area contributed by atoms with E-state index in [9.17, 15) is 4.79 Å². The van der Waals surface area contributed by atoms with Gasteiger partial charge in [0.05, 0.1) is 40.0 Å². The van der Waals surface area contributed by atoms with Gasteiger partial charge in [-0.15, -0.1) is 11.3 Å². The fourth-order valence-corrected chi connectivity index (χ4v) is 7.07. The van der Waals surface area contributed by atoms with Crippen LogP contribution in [0.25, 0.3) is 43.3 Å². The van der Waals surface area contributed by atoms with Gasteiger partial charge in [-0.1, -0.05) is 87.4 Å². The molecule has 0 unspecified atom stereocenters. The van der Waals surface area contributed by atoms with Crippen molar-refractivity contribution in [3.63, 3.8) is 0 Å². The molecule has 1 saturated heterocycles. The lowest BCUT2D eigenvalue weighted by Crippen LogP contribution is -2.31. The Kier molecular flexibility index (Phi) is 8.66. The normalized spacial score (nSPS) is 15.4. The SMILES string of the molecule is CCCC[C@H](C)c1ncc(-c2ccc(-c3nc4cc(-c5cnc([C@@H]6CCCN6C(=O)OCc6ccccc6)[nH]5)ccc4s3)cc2)[nH]1. The molecule has 0 aliphatic carbocycles. The lowest BCUT2D eigenvalue weighted by Gasteiger charge is -2.22. The van der Waals surface area contributed by atoms with Crippen LogP contribution in [-0.2, 0) is 11.3 Å². The van der Waals surface area contributed by atoms with Crippen LogP contribution in [0.1, 0.15) is 75.1 Å². The predicted octanol–water partition coefficient (Wildman–Crippen LogP) is 9.51. The summed E-state index contributed by atoms with van der Waals surface area (Å²) in [4.78, 5) is 36.0. The molecule has 46 heavy (non-hydrogen) atoms. The number of carbonyl (C=O) groups excluding carboxylic acids is 1. The molecule has 2 atom stereocenters. The molecule has 9 heteroatoms. The summed E-state index contributed by atoms with van der Waals surface area (Å²) in [6.07, 6.45) is 8.80. The van der Waals surface area contributed by atoms with Crippen LogP contribution < -0.4 is 0 Å². The third-order valence-corrected chi connectivity index (χ3v) is 9.88. The minimum absolute atomic E-state index is 0.132. The number of hydrogen-bond donors (Lipinski definition) is 2. The van der Waals surface area contributed by atoms with E-state index >= 15 is 0 Å². The van der Waals surface area contributed by atoms with E-state index in [1.807, 2.05) is 42.7 Å². The number of likely N-dealkylation sites (tertiary alicyclic amines) is 1. The quantitative estimate of drug-likeness (QED) is 0.157. The zero-order valence-electron chi connectivity index (χ0n) is 26.2. The van der Waals surface area contributed by atoms with Crippen LogP contribution in [0.4, 0.5) is 4.79 Å². The Labute approximate surface area is 272 Å². The maximum Gasteiger partial charge on any atom is 0.410 e. The Hall–Kier alpha value is -4.76. The summed E-state index contributed by atoms with van der Waals surface area (Å²) in [5, 5.41) is 0.984. The molecule has 7 rings (SSSR count). The van der Waals surface area contributed by atoms with Gasteiger partial charge in [-0.05, 0) is 42.5 Å². The first kappa shape index (κ1) is 29.9. The topological polar surface area (TPSA) is 99.8 Å². The van der Waals surface area contributed by atoms with E-state index in [0.717, 1.165) is 79.8 Å². The number of hydrogen-bond acceptors (Lipinski definition) is 6. The van der Waals surface area contributed by atoms with Gasteiger partial charge in [0.2, 0.25) is 0 Å². The van der Waals surface area contributed by atoms with Crippen LogP contribution in [-0.4, -0.2) is 42.5 Å². The number of aromatic amines is 2. The first-order valence-electron chi connectivity index (χ1n) is 16.1. The van der Waals surface area contributed by atoms with Crippen molar-refractivity contribution in [1.29, 1.82) is 0 Å². The smallest absolute Gasteiger partial charge is 0.410 e. The van der Waals surface area contributed by atoms with Gasteiger partial charge in [-0.25, -0.2) is 19.7 Å². The molecule has 8 nitrogen and oxygen atoms in total. The van der Waals surface area contributed by atoms with E-state index in [1.165, 1.54) is 12.8 Å². The van der Waals surface area contributed by atoms with E-state index in [2.05, 4.69) is 76.2 Å². The second kappa shape index (κ2) is 13.3. The predicted molar refractivity (Wildman–Crippen MR) is 183 cm³/mol. The van der Waals surface area contributed by atoms with Crippen molar-refractivity contribution in [3.8, 4) is 33.1 Å². The van der Waals surface area contributed by atoms with Gasteiger partial charge in [-0.2, -0.15) is 0 Å². The van der Waals surface area contributed by atoms with Gasteiger partial charge < -0.3 is 14.7 Å². The van der Waals surface area contributed by atoms with Crippen LogP contribution in [0, 0.1) is 0 Å². The van der Waals surface area contributed by atoms with E-state index in [0.29, 0.717) is 12.5 Å². The van der Waals surface area contributed by atoms with E-state index < -0.39 is 0 Å². The van der Waals surface area contributed by atoms with Crippen molar-refractivity contribution < 1.29 is 9.53 Å². The van der Waals surface area contributed by atoms with Gasteiger partial charge in [0.25, 0.3) is 0 Å². The molecule has 234 valence electrons. The van der Waals surface area contributed by atoms with Gasteiger partial charge in [0, 0.05) is 23.6 Å². The van der Waals surface area contributed by atoms with Crippen molar-refractivity contribution in [2.45, 2.75) is 64.5 Å². The number of rotatable bonds is 10. The summed E-state index contributed by atoms with van der Waals surface area (Å²) in [7, 11) is 0. The molecule has 3 aromatic heterocycles. The van der Waals surface area contributed by atoms with Crippen molar-refractivity contribution in [1.82, 2.24) is 29.8 Å². The van der Waals surface area contributed by atoms with Crippen molar-refractivity contribution in [2.75, 3.05) is 6.54 Å². The zero-order chi connectivity index (χ0) is 31.5. The van der Waals surface area contributed by atoms with Crippen LogP contribution in [0.2, 0.25) is 0 Å². The van der Waals surface area contributed by atoms with Crippen LogP contribution in [0.5, 0.6) is 0 Å². The molecular formula is C37H38N6O2S. The molecule has 1 fully saturated rings. The molecule has 1 aliphatic rings. The number of aromatic nitrogens is 5. The maximum atomic E-state index is 12.9. The Morgan fingerprint density at radius 2 is 1.74 bits per heavy atom. The maximum absolute atomic E-state index is 12.9. The molecule has 1 amide bonds. The third kappa shape index (κ3) is 6.33. The fourth-order valence-electron chi connectivity index (χ4n) is 6.12. The summed E-state index contributed by atoms with van der Waals surface area (Å²) >= 11 is 1.69. The Bertz CT molecular complexity index is 1930. The number of carbonyl (C=O) groups is 1. The summed E-state index contributed by atoms with van der Waals surface area (Å²) in [5.74, 6) is 2.27. The molecule has 2 N–H and O–H groups in total. The molecule has 3 aromatic carbocycles. The molecule has 0 saturated carbocycles. The number of ether oxygens (including phenoxy) is 1. The second-order valence-corrected chi connectivity index (χ2v) is 13.1. The van der Waals surface area contributed by atoms with Gasteiger partial charge >= 0.3 is 6.09 Å². The van der Waals surface area contributed by atoms with Crippen molar-refractivity contribution in [3.05, 3.63) is 102 Å². The highest BCUT2D eigenvalue weighted by Crippen LogP contribution is 2.35. The van der Waals surface area contributed by atoms with Gasteiger partial charge in [-0.3, -0.25) is 4.90 Å². The van der Waals surface area contributed by atoms with Gasteiger partial charge in [0.15, 0.2) is 0 Å². The molecule has 0 bridgehead atoms. The number of fused-ring (bicyclic) bond motifs is 1. The number of H-pyrrole nitrogens is 2. The fraction of sp³-hybridized carbons (Fsp3) is 0.297. The summed E-state index contributed by atoms with van der Waals surface area (Å²) in [6.45, 7) is 5.38. The lowest BCUT2D eigenvalue weighted by atomic mass is 10.0. The van der Waals surface area contributed by atoms with Crippen molar-refractivity contribution >= 4 is 27.6 Å². The average Bonchev–Trinajstić information content (AvgIpc) is 3.92. The molecule has 6 aromatic rings. The Morgan fingerprint density at radius 1 is 0.978 bits per heavy atom. The molecule has 1 aliphatic heterocycles. The van der Waals surface area contributed by atoms with E-state index in [4.69, 9.17) is 9.72 Å². The van der Waals surface area contributed by atoms with E-state index in [1.54, 1.807) is 16.2 Å². The number of thiazole rings is 1. The largest absolute Gasteiger partial charge is 0.445 e. The van der Waals surface area contributed by atoms with Crippen LogP contribution >= 0.6 is 11.3 Å². The second-order valence-electron chi connectivity index (χ2n) is 12.1. The zero-order valence-corrected chi connectivity index (χ0v) is 27.0. The third-order valence-electron chi connectivity index (χ3n) is 8.80. The number of nitrogens with zero attached hydrogens (tertiary/aromatic N) is 4. The Morgan fingerprint density at radius 3 is 2.57 bits per heavy atom. The lowest BCUT2D eigenvalue weighted by molar-refractivity contribution is 0.0910. The number of nitrogens with one attached hydrogen (secondary N) is 2. The highest BCUT2D eigenvalue weighted by molar-refractivity contribution is 7.21. The average molecular weight is 631 g/mol. The Balaban J connectivity index is 1.03. The highest BCUT2D eigenvalue weighted by Gasteiger charge is 2.33. The molecular weight excluding hydrogens is 593 g/mol.